The third-order valence-electron chi connectivity index (χ3n) is 3.90. The standard InChI is InChI=1S/C18H23NO4/c1-5-6-7-19-17(23)14-15(18(2,3)4)10-8-12(20)13(21)9-11(10)16(14)22/h8-9,20-21H,5-7H2,1-4H3,(H,19,23). The first kappa shape index (κ1) is 17.1. The predicted molar refractivity (Wildman–Crippen MR) is 88.4 cm³/mol. The lowest BCUT2D eigenvalue weighted by Crippen LogP contribution is -2.29. The summed E-state index contributed by atoms with van der Waals surface area (Å²) in [5.74, 6) is -1.47. The van der Waals surface area contributed by atoms with E-state index in [2.05, 4.69) is 5.32 Å². The number of hydrogen-bond acceptors (Lipinski definition) is 4. The number of nitrogens with one attached hydrogen (secondary N) is 1. The second-order valence-corrected chi connectivity index (χ2v) is 6.83. The van der Waals surface area contributed by atoms with Gasteiger partial charge in [-0.3, -0.25) is 9.59 Å². The summed E-state index contributed by atoms with van der Waals surface area (Å²) in [7, 11) is 0. The van der Waals surface area contributed by atoms with Gasteiger partial charge in [-0.2, -0.15) is 0 Å². The van der Waals surface area contributed by atoms with Crippen molar-refractivity contribution in [2.75, 3.05) is 6.54 Å². The Balaban J connectivity index is 2.55. The Bertz CT molecular complexity index is 696. The molecule has 3 N–H and O–H groups in total. The second kappa shape index (κ2) is 6.07. The molecule has 1 aromatic carbocycles. The summed E-state index contributed by atoms with van der Waals surface area (Å²) >= 11 is 0. The van der Waals surface area contributed by atoms with Crippen molar-refractivity contribution >= 4 is 17.3 Å². The molecule has 0 aromatic heterocycles. The normalized spacial score (nSPS) is 14.2. The van der Waals surface area contributed by atoms with E-state index in [4.69, 9.17) is 0 Å². The molecule has 1 aliphatic rings. The molecule has 0 heterocycles. The topological polar surface area (TPSA) is 86.6 Å². The summed E-state index contributed by atoms with van der Waals surface area (Å²) in [6.45, 7) is 8.26. The van der Waals surface area contributed by atoms with E-state index in [0.29, 0.717) is 17.7 Å². The molecule has 0 spiro atoms. The molecule has 0 aliphatic heterocycles. The molecule has 0 bridgehead atoms. The molecule has 0 atom stereocenters. The van der Waals surface area contributed by atoms with E-state index in [-0.39, 0.29) is 22.6 Å². The molecule has 124 valence electrons. The van der Waals surface area contributed by atoms with Crippen molar-refractivity contribution in [3.8, 4) is 11.5 Å². The molecule has 23 heavy (non-hydrogen) atoms. The smallest absolute Gasteiger partial charge is 0.255 e. The van der Waals surface area contributed by atoms with Crippen LogP contribution in [0.3, 0.4) is 0 Å². The summed E-state index contributed by atoms with van der Waals surface area (Å²) < 4.78 is 0. The monoisotopic (exact) mass is 317 g/mol. The van der Waals surface area contributed by atoms with Crippen molar-refractivity contribution in [3.05, 3.63) is 28.8 Å². The molecule has 1 aliphatic carbocycles. The Hall–Kier alpha value is -2.30. The number of aromatic hydroxyl groups is 2. The van der Waals surface area contributed by atoms with Gasteiger partial charge in [-0.25, -0.2) is 0 Å². The minimum atomic E-state index is -0.457. The maximum atomic E-state index is 12.7. The van der Waals surface area contributed by atoms with Gasteiger partial charge in [-0.15, -0.1) is 0 Å². The van der Waals surface area contributed by atoms with Crippen LogP contribution in [0.15, 0.2) is 17.7 Å². The van der Waals surface area contributed by atoms with Gasteiger partial charge in [0.1, 0.15) is 0 Å². The third kappa shape index (κ3) is 3.09. The van der Waals surface area contributed by atoms with Crippen LogP contribution in [0.25, 0.3) is 5.57 Å². The van der Waals surface area contributed by atoms with Crippen LogP contribution in [0.1, 0.15) is 56.5 Å². The molecular weight excluding hydrogens is 294 g/mol. The van der Waals surface area contributed by atoms with Gasteiger partial charge in [0.15, 0.2) is 17.3 Å². The quantitative estimate of drug-likeness (QED) is 0.452. The Morgan fingerprint density at radius 1 is 1.13 bits per heavy atom. The van der Waals surface area contributed by atoms with Gasteiger partial charge in [0.2, 0.25) is 0 Å². The molecule has 0 saturated carbocycles. The second-order valence-electron chi connectivity index (χ2n) is 6.83. The van der Waals surface area contributed by atoms with E-state index < -0.39 is 17.1 Å². The van der Waals surface area contributed by atoms with Crippen molar-refractivity contribution in [2.45, 2.75) is 40.5 Å². The fraction of sp³-hybridized carbons (Fsp3) is 0.444. The lowest BCUT2D eigenvalue weighted by atomic mass is 9.81. The number of Topliss-reactive ketones (excluding diaryl/α,β-unsaturated/α-hetero) is 1. The molecule has 0 unspecified atom stereocenters. The molecule has 5 nitrogen and oxygen atoms in total. The third-order valence-corrected chi connectivity index (χ3v) is 3.90. The lowest BCUT2D eigenvalue weighted by molar-refractivity contribution is -0.117. The first-order chi connectivity index (χ1) is 10.7. The largest absolute Gasteiger partial charge is 0.504 e. The van der Waals surface area contributed by atoms with Gasteiger partial charge in [0.05, 0.1) is 5.57 Å². The zero-order valence-corrected chi connectivity index (χ0v) is 14.0. The number of phenols is 2. The highest BCUT2D eigenvalue weighted by Crippen LogP contribution is 2.46. The minimum Gasteiger partial charge on any atom is -0.504 e. The van der Waals surface area contributed by atoms with Crippen LogP contribution < -0.4 is 5.32 Å². The first-order valence-corrected chi connectivity index (χ1v) is 7.82. The van der Waals surface area contributed by atoms with Crippen LogP contribution in [0.4, 0.5) is 0 Å². The molecular formula is C18H23NO4. The Morgan fingerprint density at radius 3 is 2.22 bits per heavy atom. The number of rotatable bonds is 4. The fourth-order valence-corrected chi connectivity index (χ4v) is 2.82. The number of hydrogen-bond donors (Lipinski definition) is 3. The number of unbranched alkanes of at least 4 members (excludes halogenated alkanes) is 1. The van der Waals surface area contributed by atoms with Gasteiger partial charge in [0.25, 0.3) is 5.91 Å². The number of carbonyl (C=O) groups excluding carboxylic acids is 2. The van der Waals surface area contributed by atoms with Crippen molar-refractivity contribution < 1.29 is 19.8 Å². The molecule has 2 rings (SSSR count). The van der Waals surface area contributed by atoms with E-state index in [0.717, 1.165) is 12.8 Å². The zero-order chi connectivity index (χ0) is 17.4. The number of allylic oxidation sites excluding steroid dienone is 1. The Morgan fingerprint density at radius 2 is 1.70 bits per heavy atom. The van der Waals surface area contributed by atoms with Gasteiger partial charge < -0.3 is 15.5 Å². The average Bonchev–Trinajstić information content (AvgIpc) is 2.73. The summed E-state index contributed by atoms with van der Waals surface area (Å²) in [5.41, 5.74) is 1.02. The number of amides is 1. The van der Waals surface area contributed by atoms with E-state index in [1.807, 2.05) is 27.7 Å². The maximum Gasteiger partial charge on any atom is 0.255 e. The Labute approximate surface area is 136 Å². The molecule has 0 fully saturated rings. The summed E-state index contributed by atoms with van der Waals surface area (Å²) in [6, 6.07) is 2.58. The van der Waals surface area contributed by atoms with Gasteiger partial charge >= 0.3 is 0 Å². The van der Waals surface area contributed by atoms with Crippen LogP contribution in [0.5, 0.6) is 11.5 Å². The van der Waals surface area contributed by atoms with Crippen LogP contribution in [-0.2, 0) is 4.79 Å². The summed E-state index contributed by atoms with van der Waals surface area (Å²) in [4.78, 5) is 25.2. The van der Waals surface area contributed by atoms with Crippen molar-refractivity contribution in [1.29, 1.82) is 0 Å². The maximum absolute atomic E-state index is 12.7. The predicted octanol–water partition coefficient (Wildman–Crippen LogP) is 3.01. The van der Waals surface area contributed by atoms with Crippen LogP contribution in [0, 0.1) is 5.41 Å². The van der Waals surface area contributed by atoms with Crippen molar-refractivity contribution in [1.82, 2.24) is 5.32 Å². The van der Waals surface area contributed by atoms with Crippen LogP contribution in [0.2, 0.25) is 0 Å². The zero-order valence-electron chi connectivity index (χ0n) is 14.0. The van der Waals surface area contributed by atoms with Crippen molar-refractivity contribution in [2.24, 2.45) is 5.41 Å². The molecule has 0 radical (unpaired) electrons. The minimum absolute atomic E-state index is 0.105. The lowest BCUT2D eigenvalue weighted by Gasteiger charge is -2.23. The van der Waals surface area contributed by atoms with E-state index in [9.17, 15) is 19.8 Å². The summed E-state index contributed by atoms with van der Waals surface area (Å²) in [6.07, 6.45) is 1.79. The Kier molecular flexibility index (Phi) is 4.50. The van der Waals surface area contributed by atoms with Gasteiger partial charge in [0, 0.05) is 12.1 Å². The number of carbonyl (C=O) groups is 2. The number of ketones is 1. The average molecular weight is 317 g/mol. The molecule has 1 aromatic rings. The highest BCUT2D eigenvalue weighted by atomic mass is 16.3. The van der Waals surface area contributed by atoms with Gasteiger partial charge in [-0.05, 0) is 35.1 Å². The van der Waals surface area contributed by atoms with Crippen molar-refractivity contribution in [3.63, 3.8) is 0 Å². The highest BCUT2D eigenvalue weighted by Gasteiger charge is 2.39. The van der Waals surface area contributed by atoms with Gasteiger partial charge in [-0.1, -0.05) is 34.1 Å². The first-order valence-electron chi connectivity index (χ1n) is 7.82. The highest BCUT2D eigenvalue weighted by molar-refractivity contribution is 6.35. The van der Waals surface area contributed by atoms with E-state index in [1.165, 1.54) is 12.1 Å². The molecule has 5 heteroatoms. The number of fused-ring (bicyclic) bond motifs is 1. The molecule has 1 amide bonds. The fourth-order valence-electron chi connectivity index (χ4n) is 2.82. The van der Waals surface area contributed by atoms with E-state index >= 15 is 0 Å². The van der Waals surface area contributed by atoms with Crippen LogP contribution >= 0.6 is 0 Å². The van der Waals surface area contributed by atoms with Crippen LogP contribution in [-0.4, -0.2) is 28.4 Å². The summed E-state index contributed by atoms with van der Waals surface area (Å²) in [5, 5.41) is 22.2. The molecule has 0 saturated heterocycles. The van der Waals surface area contributed by atoms with E-state index in [1.54, 1.807) is 0 Å². The SMILES string of the molecule is CCCCNC(=O)C1=C(C(C)(C)C)c2cc(O)c(O)cc2C1=O. The number of benzene rings is 1. The number of phenolic OH excluding ortho intramolecular Hbond substituents is 2.